The van der Waals surface area contributed by atoms with Gasteiger partial charge < -0.3 is 5.73 Å². The molecule has 94 valence electrons. The molecule has 0 aromatic heterocycles. The molecule has 1 nitrogen and oxygen atoms in total. The average molecular weight is 247 g/mol. The molecule has 0 unspecified atom stereocenters. The summed E-state index contributed by atoms with van der Waals surface area (Å²) in [7, 11) is 0. The van der Waals surface area contributed by atoms with E-state index in [1.807, 2.05) is 0 Å². The third-order valence-electron chi connectivity index (χ3n) is 3.34. The first-order valence-corrected chi connectivity index (χ1v) is 5.52. The van der Waals surface area contributed by atoms with Crippen LogP contribution in [-0.4, -0.2) is 0 Å². The van der Waals surface area contributed by atoms with Crippen LogP contribution in [-0.2, 0) is 6.18 Å². The second-order valence-electron chi connectivity index (χ2n) is 4.45. The fraction of sp³-hybridized carbons (Fsp3) is 0.500. The molecule has 17 heavy (non-hydrogen) atoms. The Kier molecular flexibility index (Phi) is 3.12. The van der Waals surface area contributed by atoms with Gasteiger partial charge in [0, 0.05) is 11.6 Å². The van der Waals surface area contributed by atoms with Gasteiger partial charge in [0.2, 0.25) is 0 Å². The molecule has 5 heteroatoms. The highest BCUT2D eigenvalue weighted by molar-refractivity contribution is 5.30. The number of alkyl halides is 3. The highest BCUT2D eigenvalue weighted by atomic mass is 19.4. The van der Waals surface area contributed by atoms with E-state index in [0.717, 1.165) is 37.5 Å². The Morgan fingerprint density at radius 1 is 1.24 bits per heavy atom. The van der Waals surface area contributed by atoms with Crippen molar-refractivity contribution >= 4 is 0 Å². The smallest absolute Gasteiger partial charge is 0.324 e. The minimum Gasteiger partial charge on any atom is -0.324 e. The quantitative estimate of drug-likeness (QED) is 0.793. The lowest BCUT2D eigenvalue weighted by atomic mass is 9.77. The van der Waals surface area contributed by atoms with E-state index in [2.05, 4.69) is 0 Å². The molecule has 0 aliphatic heterocycles. The normalized spacial score (nSPS) is 18.9. The summed E-state index contributed by atoms with van der Waals surface area (Å²) in [6.07, 6.45) is -1.73. The van der Waals surface area contributed by atoms with Crippen LogP contribution in [0.1, 0.15) is 36.4 Å². The van der Waals surface area contributed by atoms with E-state index in [-0.39, 0.29) is 11.5 Å². The lowest BCUT2D eigenvalue weighted by Gasteiger charge is -2.31. The van der Waals surface area contributed by atoms with E-state index >= 15 is 0 Å². The van der Waals surface area contributed by atoms with E-state index < -0.39 is 23.6 Å². The van der Waals surface area contributed by atoms with Crippen molar-refractivity contribution in [1.82, 2.24) is 0 Å². The van der Waals surface area contributed by atoms with Crippen molar-refractivity contribution in [3.63, 3.8) is 0 Å². The molecule has 0 radical (unpaired) electrons. The minimum atomic E-state index is -4.46. The minimum absolute atomic E-state index is 0.0236. The summed E-state index contributed by atoms with van der Waals surface area (Å²) >= 11 is 0. The fourth-order valence-electron chi connectivity index (χ4n) is 2.03. The van der Waals surface area contributed by atoms with Crippen molar-refractivity contribution in [2.75, 3.05) is 0 Å². The maximum Gasteiger partial charge on any atom is 0.416 e. The zero-order chi connectivity index (χ0) is 12.6. The van der Waals surface area contributed by atoms with Crippen molar-refractivity contribution in [1.29, 1.82) is 0 Å². The zero-order valence-corrected chi connectivity index (χ0v) is 9.10. The van der Waals surface area contributed by atoms with Gasteiger partial charge in [0.1, 0.15) is 5.82 Å². The van der Waals surface area contributed by atoms with Crippen LogP contribution in [0.25, 0.3) is 0 Å². The molecule has 1 aromatic rings. The van der Waals surface area contributed by atoms with Gasteiger partial charge in [-0.05, 0) is 37.0 Å². The number of halogens is 4. The molecule has 1 fully saturated rings. The fourth-order valence-corrected chi connectivity index (χ4v) is 2.03. The highest BCUT2D eigenvalue weighted by Gasteiger charge is 2.33. The Morgan fingerprint density at radius 3 is 2.35 bits per heavy atom. The first-order chi connectivity index (χ1) is 7.89. The number of hydrogen-bond acceptors (Lipinski definition) is 1. The second-order valence-corrected chi connectivity index (χ2v) is 4.45. The lowest BCUT2D eigenvalue weighted by molar-refractivity contribution is -0.137. The predicted octanol–water partition coefficient (Wildman–Crippen LogP) is 3.64. The van der Waals surface area contributed by atoms with Crippen LogP contribution < -0.4 is 5.73 Å². The van der Waals surface area contributed by atoms with E-state index in [4.69, 9.17) is 5.73 Å². The molecular weight excluding hydrogens is 234 g/mol. The van der Waals surface area contributed by atoms with Crippen molar-refractivity contribution in [3.8, 4) is 0 Å². The topological polar surface area (TPSA) is 26.0 Å². The summed E-state index contributed by atoms with van der Waals surface area (Å²) in [6.45, 7) is 0. The molecule has 2 rings (SSSR count). The van der Waals surface area contributed by atoms with E-state index in [9.17, 15) is 17.6 Å². The Morgan fingerprint density at radius 2 is 1.88 bits per heavy atom. The van der Waals surface area contributed by atoms with Gasteiger partial charge in [-0.15, -0.1) is 0 Å². The summed E-state index contributed by atoms with van der Waals surface area (Å²) in [4.78, 5) is 0. The Labute approximate surface area is 96.6 Å². The first kappa shape index (κ1) is 12.4. The number of rotatable bonds is 2. The molecule has 1 aromatic carbocycles. The SMILES string of the molecule is N[C@H](c1cc(C(F)(F)F)ccc1F)C1CCC1. The molecule has 1 saturated carbocycles. The molecule has 0 amide bonds. The van der Waals surface area contributed by atoms with Gasteiger partial charge in [-0.25, -0.2) is 4.39 Å². The Balaban J connectivity index is 2.31. The van der Waals surface area contributed by atoms with E-state index in [1.165, 1.54) is 0 Å². The van der Waals surface area contributed by atoms with E-state index in [1.54, 1.807) is 0 Å². The Bertz CT molecular complexity index is 409. The third kappa shape index (κ3) is 2.44. The monoisotopic (exact) mass is 247 g/mol. The van der Waals surface area contributed by atoms with Gasteiger partial charge in [-0.1, -0.05) is 6.42 Å². The van der Waals surface area contributed by atoms with Crippen LogP contribution in [0, 0.1) is 11.7 Å². The first-order valence-electron chi connectivity index (χ1n) is 5.52. The number of benzene rings is 1. The van der Waals surface area contributed by atoms with Crippen LogP contribution in [0.5, 0.6) is 0 Å². The summed E-state index contributed by atoms with van der Waals surface area (Å²) in [5, 5.41) is 0. The third-order valence-corrected chi connectivity index (χ3v) is 3.34. The molecule has 1 aliphatic rings. The maximum absolute atomic E-state index is 13.5. The molecule has 0 spiro atoms. The summed E-state index contributed by atoms with van der Waals surface area (Å²) in [5.74, 6) is -0.551. The van der Waals surface area contributed by atoms with Crippen LogP contribution >= 0.6 is 0 Å². The standard InChI is InChI=1S/C12H13F4N/c13-10-5-4-8(12(14,15)16)6-9(10)11(17)7-2-1-3-7/h4-7,11H,1-3,17H2/t11-/m0/s1. The van der Waals surface area contributed by atoms with Crippen molar-refractivity contribution in [3.05, 3.63) is 35.1 Å². The van der Waals surface area contributed by atoms with Gasteiger partial charge in [-0.2, -0.15) is 13.2 Å². The number of hydrogen-bond donors (Lipinski definition) is 1. The van der Waals surface area contributed by atoms with Crippen LogP contribution in [0.3, 0.4) is 0 Å². The largest absolute Gasteiger partial charge is 0.416 e. The lowest BCUT2D eigenvalue weighted by Crippen LogP contribution is -2.28. The van der Waals surface area contributed by atoms with E-state index in [0.29, 0.717) is 0 Å². The van der Waals surface area contributed by atoms with Crippen molar-refractivity contribution in [2.45, 2.75) is 31.5 Å². The molecule has 0 heterocycles. The van der Waals surface area contributed by atoms with Crippen LogP contribution in [0.15, 0.2) is 18.2 Å². The molecule has 2 N–H and O–H groups in total. The van der Waals surface area contributed by atoms with Crippen molar-refractivity contribution in [2.24, 2.45) is 11.7 Å². The van der Waals surface area contributed by atoms with Gasteiger partial charge in [0.25, 0.3) is 0 Å². The zero-order valence-electron chi connectivity index (χ0n) is 9.10. The van der Waals surface area contributed by atoms with Gasteiger partial charge >= 0.3 is 6.18 Å². The highest BCUT2D eigenvalue weighted by Crippen LogP contribution is 2.38. The second kappa shape index (κ2) is 4.29. The average Bonchev–Trinajstić information content (AvgIpc) is 2.13. The van der Waals surface area contributed by atoms with Gasteiger partial charge in [0.05, 0.1) is 5.56 Å². The predicted molar refractivity (Wildman–Crippen MR) is 55.7 cm³/mol. The van der Waals surface area contributed by atoms with Crippen LogP contribution in [0.2, 0.25) is 0 Å². The molecule has 0 saturated heterocycles. The van der Waals surface area contributed by atoms with Gasteiger partial charge in [-0.3, -0.25) is 0 Å². The molecule has 1 aliphatic carbocycles. The summed E-state index contributed by atoms with van der Waals surface area (Å²) < 4.78 is 51.0. The van der Waals surface area contributed by atoms with Crippen LogP contribution in [0.4, 0.5) is 17.6 Å². The number of nitrogens with two attached hydrogens (primary N) is 1. The maximum atomic E-state index is 13.5. The van der Waals surface area contributed by atoms with Crippen molar-refractivity contribution < 1.29 is 17.6 Å². The molecule has 1 atom stereocenters. The summed E-state index contributed by atoms with van der Waals surface area (Å²) in [6, 6.07) is 1.78. The molecular formula is C12H13F4N. The Hall–Kier alpha value is -1.10. The van der Waals surface area contributed by atoms with Gasteiger partial charge in [0.15, 0.2) is 0 Å². The molecule has 0 bridgehead atoms. The summed E-state index contributed by atoms with van der Waals surface area (Å²) in [5.41, 5.74) is 4.94.